The topological polar surface area (TPSA) is 84.7 Å². The number of aryl methyl sites for hydroxylation is 1. The van der Waals surface area contributed by atoms with E-state index < -0.39 is 4.92 Å². The number of carbonyl (C=O) groups excluding carboxylic acids is 1. The van der Waals surface area contributed by atoms with Gasteiger partial charge in [0.1, 0.15) is 11.4 Å². The largest absolute Gasteiger partial charge is 0.496 e. The molecule has 0 fully saturated rings. The number of amides is 1. The van der Waals surface area contributed by atoms with Gasteiger partial charge in [0.25, 0.3) is 5.69 Å². The van der Waals surface area contributed by atoms with E-state index in [1.165, 1.54) is 30.4 Å². The molecule has 0 unspecified atom stereocenters. The van der Waals surface area contributed by atoms with Crippen LogP contribution in [0.2, 0.25) is 0 Å². The van der Waals surface area contributed by atoms with E-state index in [9.17, 15) is 14.9 Å². The number of nitro benzene ring substituents is 1. The van der Waals surface area contributed by atoms with Crippen LogP contribution >= 0.6 is 0 Å². The van der Waals surface area contributed by atoms with Crippen LogP contribution in [0.3, 0.4) is 0 Å². The molecular weight excluding hydrogens is 346 g/mol. The van der Waals surface area contributed by atoms with Crippen LogP contribution in [0.5, 0.6) is 5.75 Å². The number of rotatable bonds is 6. The minimum absolute atomic E-state index is 0.155. The average Bonchev–Trinajstić information content (AvgIpc) is 2.67. The van der Waals surface area contributed by atoms with Crippen molar-refractivity contribution in [2.75, 3.05) is 26.0 Å². The third kappa shape index (κ3) is 4.25. The highest BCUT2D eigenvalue weighted by Crippen LogP contribution is 2.33. The molecule has 1 aliphatic carbocycles. The van der Waals surface area contributed by atoms with Crippen molar-refractivity contribution >= 4 is 17.3 Å². The van der Waals surface area contributed by atoms with Crippen LogP contribution in [0, 0.1) is 10.1 Å². The molecule has 27 heavy (non-hydrogen) atoms. The average molecular weight is 369 g/mol. The van der Waals surface area contributed by atoms with Gasteiger partial charge in [-0.15, -0.1) is 0 Å². The monoisotopic (exact) mass is 369 g/mol. The zero-order valence-corrected chi connectivity index (χ0v) is 15.5. The van der Waals surface area contributed by atoms with Gasteiger partial charge in [-0.25, -0.2) is 0 Å². The van der Waals surface area contributed by atoms with Gasteiger partial charge in [-0.05, 0) is 49.6 Å². The number of nitrogens with one attached hydrogen (secondary N) is 1. The van der Waals surface area contributed by atoms with E-state index in [0.29, 0.717) is 5.75 Å². The van der Waals surface area contributed by atoms with E-state index >= 15 is 0 Å². The molecule has 0 saturated carbocycles. The standard InChI is InChI=1S/C20H23N3O4/c1-22(18-9-5-7-14-6-3-4-8-16(14)18)13-20(24)21-17-11-10-15(27-2)12-19(17)23(25)26/h3-4,6,8,10-12,18H,5,7,9,13H2,1-2H3,(H,21,24)/t18-/m1/s1. The number of anilines is 1. The van der Waals surface area contributed by atoms with Crippen LogP contribution in [-0.2, 0) is 11.2 Å². The van der Waals surface area contributed by atoms with Gasteiger partial charge in [0.15, 0.2) is 0 Å². The molecule has 2 aromatic carbocycles. The lowest BCUT2D eigenvalue weighted by Gasteiger charge is -2.32. The molecule has 0 radical (unpaired) electrons. The lowest BCUT2D eigenvalue weighted by Crippen LogP contribution is -2.35. The van der Waals surface area contributed by atoms with Gasteiger partial charge in [0.05, 0.1) is 24.6 Å². The van der Waals surface area contributed by atoms with Gasteiger partial charge in [0.2, 0.25) is 5.91 Å². The Bertz CT molecular complexity index is 853. The molecule has 142 valence electrons. The Hall–Kier alpha value is -2.93. The maximum Gasteiger partial charge on any atom is 0.296 e. The van der Waals surface area contributed by atoms with Gasteiger partial charge in [-0.2, -0.15) is 0 Å². The molecule has 0 heterocycles. The van der Waals surface area contributed by atoms with Crippen molar-refractivity contribution in [1.29, 1.82) is 0 Å². The maximum absolute atomic E-state index is 12.5. The first-order valence-electron chi connectivity index (χ1n) is 8.90. The molecule has 1 amide bonds. The zero-order valence-electron chi connectivity index (χ0n) is 15.5. The summed E-state index contributed by atoms with van der Waals surface area (Å²) >= 11 is 0. The zero-order chi connectivity index (χ0) is 19.4. The first kappa shape index (κ1) is 18.8. The van der Waals surface area contributed by atoms with Gasteiger partial charge < -0.3 is 10.1 Å². The molecule has 0 spiro atoms. The Morgan fingerprint density at radius 3 is 2.85 bits per heavy atom. The highest BCUT2D eigenvalue weighted by Gasteiger charge is 2.25. The predicted molar refractivity (Wildman–Crippen MR) is 103 cm³/mol. The molecular formula is C20H23N3O4. The van der Waals surface area contributed by atoms with Gasteiger partial charge >= 0.3 is 0 Å². The van der Waals surface area contributed by atoms with Crippen LogP contribution in [-0.4, -0.2) is 36.4 Å². The van der Waals surface area contributed by atoms with E-state index in [0.717, 1.165) is 19.3 Å². The van der Waals surface area contributed by atoms with Crippen molar-refractivity contribution in [3.05, 3.63) is 63.7 Å². The Labute approximate surface area is 158 Å². The Morgan fingerprint density at radius 1 is 1.33 bits per heavy atom. The first-order chi connectivity index (χ1) is 13.0. The maximum atomic E-state index is 12.5. The van der Waals surface area contributed by atoms with Gasteiger partial charge in [-0.1, -0.05) is 24.3 Å². The predicted octanol–water partition coefficient (Wildman–Crippen LogP) is 3.55. The van der Waals surface area contributed by atoms with Crippen LogP contribution < -0.4 is 10.1 Å². The van der Waals surface area contributed by atoms with Crippen LogP contribution in [0.1, 0.15) is 30.0 Å². The molecule has 7 nitrogen and oxygen atoms in total. The summed E-state index contributed by atoms with van der Waals surface area (Å²) < 4.78 is 5.02. The lowest BCUT2D eigenvalue weighted by atomic mass is 9.87. The molecule has 0 aromatic heterocycles. The number of fused-ring (bicyclic) bond motifs is 1. The number of nitro groups is 1. The lowest BCUT2D eigenvalue weighted by molar-refractivity contribution is -0.384. The van der Waals surface area contributed by atoms with Crippen molar-refractivity contribution < 1.29 is 14.5 Å². The summed E-state index contributed by atoms with van der Waals surface area (Å²) in [5.41, 5.74) is 2.57. The Balaban J connectivity index is 1.71. The van der Waals surface area contributed by atoms with Crippen LogP contribution in [0.25, 0.3) is 0 Å². The SMILES string of the molecule is COc1ccc(NC(=O)CN(C)[C@@H]2CCCc3ccccc32)c([N+](=O)[O-])c1. The summed E-state index contributed by atoms with van der Waals surface area (Å²) in [6.45, 7) is 0.155. The number of hydrogen-bond donors (Lipinski definition) is 1. The molecule has 2 aromatic rings. The number of methoxy groups -OCH3 is 1. The smallest absolute Gasteiger partial charge is 0.296 e. The Kier molecular flexibility index (Phi) is 5.71. The fraction of sp³-hybridized carbons (Fsp3) is 0.350. The van der Waals surface area contributed by atoms with Gasteiger partial charge in [-0.3, -0.25) is 19.8 Å². The molecule has 7 heteroatoms. The second-order valence-corrected chi connectivity index (χ2v) is 6.71. The number of carbonyl (C=O) groups is 1. The molecule has 1 N–H and O–H groups in total. The second-order valence-electron chi connectivity index (χ2n) is 6.71. The summed E-state index contributed by atoms with van der Waals surface area (Å²) in [4.78, 5) is 25.2. The number of nitrogens with zero attached hydrogens (tertiary/aromatic N) is 2. The number of benzene rings is 2. The summed E-state index contributed by atoms with van der Waals surface area (Å²) in [6.07, 6.45) is 3.13. The van der Waals surface area contributed by atoms with E-state index in [4.69, 9.17) is 4.74 Å². The van der Waals surface area contributed by atoms with Crippen molar-refractivity contribution in [3.8, 4) is 5.75 Å². The first-order valence-corrected chi connectivity index (χ1v) is 8.90. The highest BCUT2D eigenvalue weighted by molar-refractivity contribution is 5.94. The van der Waals surface area contributed by atoms with Crippen molar-refractivity contribution in [1.82, 2.24) is 4.90 Å². The third-order valence-corrected chi connectivity index (χ3v) is 4.94. The Morgan fingerprint density at radius 2 is 2.11 bits per heavy atom. The van der Waals surface area contributed by atoms with Crippen molar-refractivity contribution in [3.63, 3.8) is 0 Å². The summed E-state index contributed by atoms with van der Waals surface area (Å²) in [6, 6.07) is 12.9. The van der Waals surface area contributed by atoms with E-state index in [1.54, 1.807) is 6.07 Å². The highest BCUT2D eigenvalue weighted by atomic mass is 16.6. The number of ether oxygens (including phenoxy) is 1. The second kappa shape index (κ2) is 8.18. The fourth-order valence-corrected chi connectivity index (χ4v) is 3.61. The van der Waals surface area contributed by atoms with E-state index in [2.05, 4.69) is 17.4 Å². The number of hydrogen-bond acceptors (Lipinski definition) is 5. The van der Waals surface area contributed by atoms with Gasteiger partial charge in [0, 0.05) is 6.04 Å². The minimum atomic E-state index is -0.529. The van der Waals surface area contributed by atoms with Crippen molar-refractivity contribution in [2.24, 2.45) is 0 Å². The molecule has 1 aliphatic rings. The van der Waals surface area contributed by atoms with Crippen LogP contribution in [0.15, 0.2) is 42.5 Å². The summed E-state index contributed by atoms with van der Waals surface area (Å²) in [5.74, 6) is 0.0875. The van der Waals surface area contributed by atoms with Crippen LogP contribution in [0.4, 0.5) is 11.4 Å². The van der Waals surface area contributed by atoms with Crippen molar-refractivity contribution in [2.45, 2.75) is 25.3 Å². The van der Waals surface area contributed by atoms with E-state index in [1.807, 2.05) is 24.1 Å². The molecule has 0 saturated heterocycles. The fourth-order valence-electron chi connectivity index (χ4n) is 3.61. The summed E-state index contributed by atoms with van der Waals surface area (Å²) in [7, 11) is 3.35. The molecule has 1 atom stereocenters. The minimum Gasteiger partial charge on any atom is -0.496 e. The van der Waals surface area contributed by atoms with E-state index in [-0.39, 0.29) is 29.9 Å². The molecule has 3 rings (SSSR count). The number of likely N-dealkylation sites (N-methyl/N-ethyl adjacent to an activating group) is 1. The summed E-state index contributed by atoms with van der Waals surface area (Å²) in [5, 5.41) is 13.9. The molecule has 0 bridgehead atoms. The third-order valence-electron chi connectivity index (χ3n) is 4.94. The molecule has 0 aliphatic heterocycles. The quantitative estimate of drug-likeness (QED) is 0.622. The normalized spacial score (nSPS) is 15.9.